The number of nitrogens with two attached hydrogens (primary N) is 1. The molecular weight excluding hydrogens is 278 g/mol. The summed E-state index contributed by atoms with van der Waals surface area (Å²) in [7, 11) is 0. The van der Waals surface area contributed by atoms with Crippen molar-refractivity contribution in [1.82, 2.24) is 9.80 Å². The van der Waals surface area contributed by atoms with Crippen LogP contribution in [0, 0.1) is 11.8 Å². The molecule has 0 aromatic rings. The molecule has 5 heteroatoms. The van der Waals surface area contributed by atoms with E-state index < -0.39 is 0 Å². The summed E-state index contributed by atoms with van der Waals surface area (Å²) >= 11 is 0. The first-order valence-electron chi connectivity index (χ1n) is 8.97. The Morgan fingerprint density at radius 2 is 1.32 bits per heavy atom. The van der Waals surface area contributed by atoms with E-state index in [2.05, 4.69) is 9.80 Å². The zero-order chi connectivity index (χ0) is 15.5. The molecule has 1 aliphatic heterocycles. The largest absolute Gasteiger partial charge is 0.369 e. The van der Waals surface area contributed by atoms with Crippen molar-refractivity contribution in [3.05, 3.63) is 0 Å². The Labute approximate surface area is 133 Å². The summed E-state index contributed by atoms with van der Waals surface area (Å²) in [6.07, 6.45) is 8.64. The van der Waals surface area contributed by atoms with Gasteiger partial charge in [0.15, 0.2) is 0 Å². The van der Waals surface area contributed by atoms with Crippen LogP contribution >= 0.6 is 0 Å². The number of rotatable bonds is 3. The van der Waals surface area contributed by atoms with Crippen LogP contribution in [-0.4, -0.2) is 53.8 Å². The van der Waals surface area contributed by atoms with Gasteiger partial charge in [0.05, 0.1) is 0 Å². The number of carbonyl (C=O) groups is 2. The molecule has 0 aromatic heterocycles. The summed E-state index contributed by atoms with van der Waals surface area (Å²) in [5.74, 6) is 0.224. The van der Waals surface area contributed by atoms with Gasteiger partial charge in [0.2, 0.25) is 11.8 Å². The fourth-order valence-corrected chi connectivity index (χ4v) is 4.46. The third-order valence-corrected chi connectivity index (χ3v) is 5.95. The highest BCUT2D eigenvalue weighted by Crippen LogP contribution is 2.30. The number of nitrogens with zero attached hydrogens (tertiary/aromatic N) is 2. The van der Waals surface area contributed by atoms with E-state index in [0.717, 1.165) is 57.9 Å². The van der Waals surface area contributed by atoms with Crippen LogP contribution in [0.5, 0.6) is 0 Å². The maximum atomic E-state index is 12.6. The molecule has 3 rings (SSSR count). The number of amides is 2. The highest BCUT2D eigenvalue weighted by molar-refractivity contribution is 5.80. The normalized spacial score (nSPS) is 31.4. The van der Waals surface area contributed by atoms with Crippen LogP contribution in [0.4, 0.5) is 0 Å². The number of carbonyl (C=O) groups excluding carboxylic acids is 2. The quantitative estimate of drug-likeness (QED) is 0.856. The lowest BCUT2D eigenvalue weighted by Crippen LogP contribution is -2.53. The van der Waals surface area contributed by atoms with Gasteiger partial charge in [-0.15, -0.1) is 0 Å². The molecule has 2 amide bonds. The zero-order valence-corrected chi connectivity index (χ0v) is 13.5. The lowest BCUT2D eigenvalue weighted by atomic mass is 9.81. The monoisotopic (exact) mass is 307 g/mol. The lowest BCUT2D eigenvalue weighted by Gasteiger charge is -2.40. The predicted octanol–water partition coefficient (Wildman–Crippen LogP) is 1.36. The number of hydrogen-bond donors (Lipinski definition) is 1. The second kappa shape index (κ2) is 6.99. The van der Waals surface area contributed by atoms with Crippen molar-refractivity contribution >= 4 is 11.8 Å². The van der Waals surface area contributed by atoms with Crippen molar-refractivity contribution < 1.29 is 9.59 Å². The average molecular weight is 307 g/mol. The van der Waals surface area contributed by atoms with Gasteiger partial charge >= 0.3 is 0 Å². The van der Waals surface area contributed by atoms with E-state index >= 15 is 0 Å². The van der Waals surface area contributed by atoms with Crippen LogP contribution in [-0.2, 0) is 9.59 Å². The standard InChI is InChI=1S/C17H29N3O2/c18-16(21)13-5-7-14(8-6-13)17(22)20-11-9-19(10-12-20)15-3-1-2-4-15/h13-15H,1-12H2,(H2,18,21). The Kier molecular flexibility index (Phi) is 5.01. The Morgan fingerprint density at radius 1 is 0.773 bits per heavy atom. The van der Waals surface area contributed by atoms with E-state index in [1.165, 1.54) is 25.7 Å². The Morgan fingerprint density at radius 3 is 1.86 bits per heavy atom. The van der Waals surface area contributed by atoms with E-state index in [-0.39, 0.29) is 17.7 Å². The predicted molar refractivity (Wildman–Crippen MR) is 85.1 cm³/mol. The van der Waals surface area contributed by atoms with Crippen molar-refractivity contribution in [2.45, 2.75) is 57.4 Å². The maximum Gasteiger partial charge on any atom is 0.225 e. The van der Waals surface area contributed by atoms with Crippen LogP contribution in [0.2, 0.25) is 0 Å². The molecule has 0 bridgehead atoms. The van der Waals surface area contributed by atoms with Crippen LogP contribution < -0.4 is 5.73 Å². The summed E-state index contributed by atoms with van der Waals surface area (Å²) in [4.78, 5) is 28.5. The Balaban J connectivity index is 1.45. The lowest BCUT2D eigenvalue weighted by molar-refractivity contribution is -0.140. The highest BCUT2D eigenvalue weighted by atomic mass is 16.2. The molecule has 3 fully saturated rings. The molecule has 0 unspecified atom stereocenters. The first-order chi connectivity index (χ1) is 10.6. The molecule has 0 radical (unpaired) electrons. The van der Waals surface area contributed by atoms with Gasteiger partial charge in [-0.05, 0) is 38.5 Å². The molecule has 22 heavy (non-hydrogen) atoms. The van der Waals surface area contributed by atoms with Crippen molar-refractivity contribution in [3.63, 3.8) is 0 Å². The number of primary amides is 1. The second-order valence-electron chi connectivity index (χ2n) is 7.25. The fraction of sp³-hybridized carbons (Fsp3) is 0.882. The van der Waals surface area contributed by atoms with Crippen LogP contribution in [0.15, 0.2) is 0 Å². The van der Waals surface area contributed by atoms with Gasteiger partial charge in [-0.25, -0.2) is 0 Å². The Hall–Kier alpha value is -1.10. The van der Waals surface area contributed by atoms with Crippen LogP contribution in [0.3, 0.4) is 0 Å². The molecule has 0 atom stereocenters. The third kappa shape index (κ3) is 3.45. The van der Waals surface area contributed by atoms with Gasteiger partial charge in [-0.1, -0.05) is 12.8 Å². The van der Waals surface area contributed by atoms with E-state index in [9.17, 15) is 9.59 Å². The molecule has 2 aliphatic carbocycles. The van der Waals surface area contributed by atoms with Gasteiger partial charge < -0.3 is 10.6 Å². The Bertz CT molecular complexity index is 404. The van der Waals surface area contributed by atoms with Crippen LogP contribution in [0.1, 0.15) is 51.4 Å². The minimum atomic E-state index is -0.198. The van der Waals surface area contributed by atoms with Crippen molar-refractivity contribution in [2.75, 3.05) is 26.2 Å². The molecule has 2 saturated carbocycles. The van der Waals surface area contributed by atoms with Gasteiger partial charge in [-0.2, -0.15) is 0 Å². The molecule has 5 nitrogen and oxygen atoms in total. The smallest absolute Gasteiger partial charge is 0.225 e. The zero-order valence-electron chi connectivity index (χ0n) is 13.5. The van der Waals surface area contributed by atoms with Crippen molar-refractivity contribution in [2.24, 2.45) is 17.6 Å². The molecule has 3 aliphatic rings. The minimum absolute atomic E-state index is 0.0109. The summed E-state index contributed by atoms with van der Waals surface area (Å²) in [6.45, 7) is 3.83. The molecular formula is C17H29N3O2. The number of piperazine rings is 1. The summed E-state index contributed by atoms with van der Waals surface area (Å²) < 4.78 is 0. The first-order valence-corrected chi connectivity index (χ1v) is 8.97. The van der Waals surface area contributed by atoms with Gasteiger partial charge in [0, 0.05) is 44.1 Å². The number of hydrogen-bond acceptors (Lipinski definition) is 3. The third-order valence-electron chi connectivity index (χ3n) is 5.95. The molecule has 0 aromatic carbocycles. The van der Waals surface area contributed by atoms with Crippen LogP contribution in [0.25, 0.3) is 0 Å². The molecule has 0 spiro atoms. The van der Waals surface area contributed by atoms with Gasteiger partial charge in [0.25, 0.3) is 0 Å². The molecule has 1 saturated heterocycles. The van der Waals surface area contributed by atoms with E-state index in [4.69, 9.17) is 5.73 Å². The molecule has 1 heterocycles. The molecule has 124 valence electrons. The first kappa shape index (κ1) is 15.8. The minimum Gasteiger partial charge on any atom is -0.369 e. The van der Waals surface area contributed by atoms with Gasteiger partial charge in [-0.3, -0.25) is 14.5 Å². The highest BCUT2D eigenvalue weighted by Gasteiger charge is 2.33. The maximum absolute atomic E-state index is 12.6. The average Bonchev–Trinajstić information content (AvgIpc) is 3.09. The summed E-state index contributed by atoms with van der Waals surface area (Å²) in [6, 6.07) is 0.767. The SMILES string of the molecule is NC(=O)C1CCC(C(=O)N2CCN(C3CCCC3)CC2)CC1. The van der Waals surface area contributed by atoms with E-state index in [0.29, 0.717) is 5.91 Å². The molecule has 2 N–H and O–H groups in total. The second-order valence-corrected chi connectivity index (χ2v) is 7.25. The van der Waals surface area contributed by atoms with Crippen molar-refractivity contribution in [1.29, 1.82) is 0 Å². The topological polar surface area (TPSA) is 66.6 Å². The van der Waals surface area contributed by atoms with E-state index in [1.54, 1.807) is 0 Å². The van der Waals surface area contributed by atoms with E-state index in [1.807, 2.05) is 0 Å². The summed E-state index contributed by atoms with van der Waals surface area (Å²) in [5.41, 5.74) is 5.37. The summed E-state index contributed by atoms with van der Waals surface area (Å²) in [5, 5.41) is 0. The van der Waals surface area contributed by atoms with Gasteiger partial charge in [0.1, 0.15) is 0 Å². The van der Waals surface area contributed by atoms with Crippen molar-refractivity contribution in [3.8, 4) is 0 Å². The fourth-order valence-electron chi connectivity index (χ4n) is 4.46.